The van der Waals surface area contributed by atoms with Crippen LogP contribution in [0, 0.1) is 11.8 Å². The van der Waals surface area contributed by atoms with Gasteiger partial charge in [-0.3, -0.25) is 4.79 Å². The molecule has 0 aromatic carbocycles. The molecule has 1 aromatic rings. The van der Waals surface area contributed by atoms with Gasteiger partial charge < -0.3 is 15.2 Å². The number of amides is 1. The smallest absolute Gasteiger partial charge is 0.276 e. The van der Waals surface area contributed by atoms with Crippen LogP contribution in [-0.2, 0) is 0 Å². The number of nitrogens with two attached hydrogens (primary N) is 1. The summed E-state index contributed by atoms with van der Waals surface area (Å²) in [5.41, 5.74) is 6.43. The Bertz CT molecular complexity index is 395. The van der Waals surface area contributed by atoms with Crippen LogP contribution < -0.4 is 5.73 Å². The summed E-state index contributed by atoms with van der Waals surface area (Å²) in [6.07, 6.45) is 3.67. The first-order valence-corrected chi connectivity index (χ1v) is 5.71. The lowest BCUT2D eigenvalue weighted by Gasteiger charge is -2.17. The Morgan fingerprint density at radius 3 is 2.94 bits per heavy atom. The Morgan fingerprint density at radius 2 is 2.29 bits per heavy atom. The van der Waals surface area contributed by atoms with Crippen molar-refractivity contribution in [3.63, 3.8) is 0 Å². The standard InChI is InChI=1S/C11H15N3O2.ClH/c12-9-2-1-7-5-14(6-8(7)9)11(15)10-3-4-16-13-10;/h3-4,7-9H,1-2,5-6,12H2;1H. The fraction of sp³-hybridized carbons (Fsp3) is 0.636. The number of rotatable bonds is 1. The molecule has 1 aromatic heterocycles. The molecule has 2 heterocycles. The monoisotopic (exact) mass is 257 g/mol. The number of aromatic nitrogens is 1. The van der Waals surface area contributed by atoms with Crippen molar-refractivity contribution in [1.82, 2.24) is 10.1 Å². The molecule has 3 unspecified atom stereocenters. The highest BCUT2D eigenvalue weighted by atomic mass is 35.5. The maximum Gasteiger partial charge on any atom is 0.276 e. The molecule has 0 bridgehead atoms. The van der Waals surface area contributed by atoms with E-state index in [2.05, 4.69) is 9.68 Å². The first kappa shape index (κ1) is 12.4. The topological polar surface area (TPSA) is 72.4 Å². The molecule has 5 nitrogen and oxygen atoms in total. The summed E-state index contributed by atoms with van der Waals surface area (Å²) in [6.45, 7) is 1.60. The minimum absolute atomic E-state index is 0. The molecule has 2 aliphatic rings. The van der Waals surface area contributed by atoms with Gasteiger partial charge in [0.15, 0.2) is 5.69 Å². The minimum atomic E-state index is -0.0321. The normalized spacial score (nSPS) is 31.1. The van der Waals surface area contributed by atoms with Crippen LogP contribution in [-0.4, -0.2) is 35.1 Å². The van der Waals surface area contributed by atoms with E-state index in [1.807, 2.05) is 4.90 Å². The predicted molar refractivity (Wildman–Crippen MR) is 63.8 cm³/mol. The molecule has 1 saturated heterocycles. The summed E-state index contributed by atoms with van der Waals surface area (Å²) in [5, 5.41) is 3.68. The molecule has 2 fully saturated rings. The van der Waals surface area contributed by atoms with Gasteiger partial charge in [0.05, 0.1) is 0 Å². The fourth-order valence-electron chi connectivity index (χ4n) is 2.96. The Hall–Kier alpha value is -1.07. The van der Waals surface area contributed by atoms with Gasteiger partial charge in [-0.15, -0.1) is 12.4 Å². The van der Waals surface area contributed by atoms with Gasteiger partial charge in [0.1, 0.15) is 6.26 Å². The summed E-state index contributed by atoms with van der Waals surface area (Å²) in [4.78, 5) is 13.9. The van der Waals surface area contributed by atoms with Gasteiger partial charge in [-0.25, -0.2) is 0 Å². The molecule has 1 aliphatic carbocycles. The van der Waals surface area contributed by atoms with Crippen LogP contribution in [0.25, 0.3) is 0 Å². The molecular weight excluding hydrogens is 242 g/mol. The third-order valence-electron chi connectivity index (χ3n) is 3.86. The van der Waals surface area contributed by atoms with Crippen LogP contribution >= 0.6 is 12.4 Å². The van der Waals surface area contributed by atoms with Crippen molar-refractivity contribution < 1.29 is 9.32 Å². The van der Waals surface area contributed by atoms with Crippen LogP contribution in [0.2, 0.25) is 0 Å². The molecule has 6 heteroatoms. The summed E-state index contributed by atoms with van der Waals surface area (Å²) in [6, 6.07) is 1.87. The van der Waals surface area contributed by atoms with E-state index in [0.717, 1.165) is 25.9 Å². The largest absolute Gasteiger partial charge is 0.364 e. The molecule has 17 heavy (non-hydrogen) atoms. The number of fused-ring (bicyclic) bond motifs is 1. The van der Waals surface area contributed by atoms with Crippen LogP contribution in [0.1, 0.15) is 23.3 Å². The summed E-state index contributed by atoms with van der Waals surface area (Å²) < 4.78 is 4.69. The molecule has 1 saturated carbocycles. The lowest BCUT2D eigenvalue weighted by atomic mass is 9.98. The van der Waals surface area contributed by atoms with Crippen molar-refractivity contribution in [1.29, 1.82) is 0 Å². The second-order valence-corrected chi connectivity index (χ2v) is 4.76. The highest BCUT2D eigenvalue weighted by molar-refractivity contribution is 5.92. The Morgan fingerprint density at radius 1 is 1.47 bits per heavy atom. The predicted octanol–water partition coefficient (Wildman–Crippen LogP) is 0.906. The van der Waals surface area contributed by atoms with Gasteiger partial charge >= 0.3 is 0 Å². The quantitative estimate of drug-likeness (QED) is 0.812. The average molecular weight is 258 g/mol. The summed E-state index contributed by atoms with van der Waals surface area (Å²) in [5.74, 6) is 1.04. The van der Waals surface area contributed by atoms with E-state index >= 15 is 0 Å². The Labute approximate surface area is 106 Å². The van der Waals surface area contributed by atoms with Crippen molar-refractivity contribution >= 4 is 18.3 Å². The molecule has 94 valence electrons. The van der Waals surface area contributed by atoms with Gasteiger partial charge in [0.2, 0.25) is 0 Å². The number of hydrogen-bond donors (Lipinski definition) is 1. The summed E-state index contributed by atoms with van der Waals surface area (Å²) >= 11 is 0. The van der Waals surface area contributed by atoms with E-state index < -0.39 is 0 Å². The van der Waals surface area contributed by atoms with E-state index in [0.29, 0.717) is 17.5 Å². The van der Waals surface area contributed by atoms with Crippen molar-refractivity contribution in [2.75, 3.05) is 13.1 Å². The highest BCUT2D eigenvalue weighted by Gasteiger charge is 2.42. The maximum atomic E-state index is 12.0. The first-order valence-electron chi connectivity index (χ1n) is 5.71. The van der Waals surface area contributed by atoms with Crippen molar-refractivity contribution in [2.24, 2.45) is 17.6 Å². The van der Waals surface area contributed by atoms with Gasteiger partial charge in [-0.05, 0) is 24.7 Å². The molecule has 0 radical (unpaired) electrons. The van der Waals surface area contributed by atoms with Crippen LogP contribution in [0.15, 0.2) is 16.9 Å². The van der Waals surface area contributed by atoms with Gasteiger partial charge in [-0.2, -0.15) is 0 Å². The van der Waals surface area contributed by atoms with Gasteiger partial charge in [-0.1, -0.05) is 5.16 Å². The van der Waals surface area contributed by atoms with Gasteiger partial charge in [0.25, 0.3) is 5.91 Å². The molecule has 2 N–H and O–H groups in total. The number of halogens is 1. The number of carbonyl (C=O) groups is 1. The highest BCUT2D eigenvalue weighted by Crippen LogP contribution is 2.37. The van der Waals surface area contributed by atoms with Crippen molar-refractivity contribution in [2.45, 2.75) is 18.9 Å². The number of carbonyl (C=O) groups excluding carboxylic acids is 1. The van der Waals surface area contributed by atoms with Crippen LogP contribution in [0.5, 0.6) is 0 Å². The van der Waals surface area contributed by atoms with E-state index in [9.17, 15) is 4.79 Å². The van der Waals surface area contributed by atoms with Gasteiger partial charge in [0, 0.05) is 25.2 Å². The van der Waals surface area contributed by atoms with Crippen LogP contribution in [0.4, 0.5) is 0 Å². The molecule has 1 aliphatic heterocycles. The maximum absolute atomic E-state index is 12.0. The zero-order chi connectivity index (χ0) is 11.1. The SMILES string of the molecule is Cl.NC1CCC2CN(C(=O)c3ccon3)CC12. The van der Waals surface area contributed by atoms with Crippen molar-refractivity contribution in [3.8, 4) is 0 Å². The van der Waals surface area contributed by atoms with Crippen molar-refractivity contribution in [3.05, 3.63) is 18.0 Å². The second kappa shape index (κ2) is 4.66. The first-order chi connectivity index (χ1) is 7.75. The second-order valence-electron chi connectivity index (χ2n) is 4.76. The van der Waals surface area contributed by atoms with E-state index in [1.54, 1.807) is 6.07 Å². The lowest BCUT2D eigenvalue weighted by Crippen LogP contribution is -2.33. The molecular formula is C11H16ClN3O2. The number of nitrogens with zero attached hydrogens (tertiary/aromatic N) is 2. The lowest BCUT2D eigenvalue weighted by molar-refractivity contribution is 0.0769. The van der Waals surface area contributed by atoms with E-state index in [1.165, 1.54) is 6.26 Å². The molecule has 3 atom stereocenters. The fourth-order valence-corrected chi connectivity index (χ4v) is 2.96. The zero-order valence-electron chi connectivity index (χ0n) is 9.41. The minimum Gasteiger partial charge on any atom is -0.364 e. The van der Waals surface area contributed by atoms with E-state index in [4.69, 9.17) is 5.73 Å². The third-order valence-corrected chi connectivity index (χ3v) is 3.86. The average Bonchev–Trinajstić information content (AvgIpc) is 2.96. The van der Waals surface area contributed by atoms with Crippen LogP contribution in [0.3, 0.4) is 0 Å². The Kier molecular flexibility index (Phi) is 3.40. The number of hydrogen-bond acceptors (Lipinski definition) is 4. The van der Waals surface area contributed by atoms with E-state index in [-0.39, 0.29) is 24.4 Å². The summed E-state index contributed by atoms with van der Waals surface area (Å²) in [7, 11) is 0. The third kappa shape index (κ3) is 2.05. The molecule has 3 rings (SSSR count). The Balaban J connectivity index is 0.00000108. The molecule has 0 spiro atoms. The zero-order valence-corrected chi connectivity index (χ0v) is 10.2. The number of likely N-dealkylation sites (tertiary alicyclic amines) is 1. The molecule has 1 amide bonds.